The van der Waals surface area contributed by atoms with Crippen molar-refractivity contribution in [2.75, 3.05) is 7.11 Å². The molecule has 0 unspecified atom stereocenters. The maximum Gasteiger partial charge on any atom is 0.331 e. The maximum absolute atomic E-state index is 12.1. The lowest BCUT2D eigenvalue weighted by Gasteiger charge is -2.13. The number of para-hydroxylation sites is 1. The molecule has 2 aromatic carbocycles. The molecule has 0 bridgehead atoms. The summed E-state index contributed by atoms with van der Waals surface area (Å²) in [7, 11) is 1.38. The molecule has 0 saturated heterocycles. The van der Waals surface area contributed by atoms with Crippen molar-refractivity contribution in [3.05, 3.63) is 102 Å². The number of esters is 1. The lowest BCUT2D eigenvalue weighted by atomic mass is 10.0. The normalized spacial score (nSPS) is 11.5. The van der Waals surface area contributed by atoms with Gasteiger partial charge in [0.1, 0.15) is 5.82 Å². The van der Waals surface area contributed by atoms with Crippen LogP contribution in [0.4, 0.5) is 0 Å². The van der Waals surface area contributed by atoms with Gasteiger partial charge in [0, 0.05) is 23.2 Å². The van der Waals surface area contributed by atoms with Gasteiger partial charge < -0.3 is 4.74 Å². The molecule has 0 saturated carbocycles. The van der Waals surface area contributed by atoms with Gasteiger partial charge in [0.05, 0.1) is 18.3 Å². The Kier molecular flexibility index (Phi) is 4.54. The zero-order chi connectivity index (χ0) is 18.6. The molecule has 0 spiro atoms. The zero-order valence-corrected chi connectivity index (χ0v) is 14.9. The second-order valence-electron chi connectivity index (χ2n) is 6.06. The summed E-state index contributed by atoms with van der Waals surface area (Å²) in [5, 5.41) is 1.07. The Bertz CT molecular complexity index is 1110. The topological polar surface area (TPSA) is 44.1 Å². The molecule has 4 rings (SSSR count). The van der Waals surface area contributed by atoms with Gasteiger partial charge in [0.2, 0.25) is 0 Å². The molecule has 2 aromatic heterocycles. The minimum Gasteiger partial charge on any atom is -0.466 e. The first-order valence-corrected chi connectivity index (χ1v) is 8.65. The lowest BCUT2D eigenvalue weighted by molar-refractivity contribution is -0.134. The van der Waals surface area contributed by atoms with E-state index in [0.29, 0.717) is 0 Å². The van der Waals surface area contributed by atoms with E-state index < -0.39 is 5.97 Å². The Morgan fingerprint density at radius 3 is 2.44 bits per heavy atom. The van der Waals surface area contributed by atoms with Crippen LogP contribution in [0.5, 0.6) is 0 Å². The number of ether oxygens (including phenoxy) is 1. The number of benzene rings is 2. The molecule has 0 fully saturated rings. The molecule has 2 heterocycles. The number of hydrogen-bond donors (Lipinski definition) is 0. The Morgan fingerprint density at radius 1 is 0.963 bits per heavy atom. The molecule has 4 aromatic rings. The van der Waals surface area contributed by atoms with E-state index in [-0.39, 0.29) is 0 Å². The highest BCUT2D eigenvalue weighted by Crippen LogP contribution is 2.31. The van der Waals surface area contributed by atoms with Crippen molar-refractivity contribution in [3.63, 3.8) is 0 Å². The van der Waals surface area contributed by atoms with Crippen LogP contribution < -0.4 is 0 Å². The van der Waals surface area contributed by atoms with Gasteiger partial charge in [-0.05, 0) is 29.8 Å². The van der Waals surface area contributed by atoms with E-state index >= 15 is 0 Å². The summed E-state index contributed by atoms with van der Waals surface area (Å²) < 4.78 is 6.97. The number of pyridine rings is 1. The SMILES string of the molecule is COC(=O)/C=C(\c1ccccc1)c1cc2ccccc2n1-c1ccccn1. The van der Waals surface area contributed by atoms with Gasteiger partial charge in [0.25, 0.3) is 0 Å². The van der Waals surface area contributed by atoms with E-state index in [9.17, 15) is 4.79 Å². The average molecular weight is 354 g/mol. The van der Waals surface area contributed by atoms with Crippen molar-refractivity contribution in [1.82, 2.24) is 9.55 Å². The van der Waals surface area contributed by atoms with Gasteiger partial charge in [-0.15, -0.1) is 0 Å². The Balaban J connectivity index is 2.04. The van der Waals surface area contributed by atoms with Crippen molar-refractivity contribution in [3.8, 4) is 5.82 Å². The summed E-state index contributed by atoms with van der Waals surface area (Å²) in [6.45, 7) is 0. The zero-order valence-electron chi connectivity index (χ0n) is 14.9. The summed E-state index contributed by atoms with van der Waals surface area (Å²) in [6, 6.07) is 25.8. The van der Waals surface area contributed by atoms with Crippen LogP contribution in [0.15, 0.2) is 91.1 Å². The van der Waals surface area contributed by atoms with Gasteiger partial charge in [-0.1, -0.05) is 54.6 Å². The summed E-state index contributed by atoms with van der Waals surface area (Å²) in [5.74, 6) is 0.395. The highest BCUT2D eigenvalue weighted by Gasteiger charge is 2.17. The fraction of sp³-hybridized carbons (Fsp3) is 0.0435. The smallest absolute Gasteiger partial charge is 0.331 e. The highest BCUT2D eigenvalue weighted by atomic mass is 16.5. The molecule has 0 aliphatic heterocycles. The number of hydrogen-bond acceptors (Lipinski definition) is 3. The first-order chi connectivity index (χ1) is 13.3. The molecule has 0 aliphatic rings. The van der Waals surface area contributed by atoms with Crippen LogP contribution in [0, 0.1) is 0 Å². The fourth-order valence-electron chi connectivity index (χ4n) is 3.19. The van der Waals surface area contributed by atoms with Gasteiger partial charge >= 0.3 is 5.97 Å². The molecule has 0 atom stereocenters. The molecule has 0 N–H and O–H groups in total. The van der Waals surface area contributed by atoms with Gasteiger partial charge in [-0.3, -0.25) is 4.57 Å². The fourth-order valence-corrected chi connectivity index (χ4v) is 3.19. The lowest BCUT2D eigenvalue weighted by Crippen LogP contribution is -2.05. The second kappa shape index (κ2) is 7.30. The highest BCUT2D eigenvalue weighted by molar-refractivity contribution is 5.98. The Morgan fingerprint density at radius 2 is 1.70 bits per heavy atom. The van der Waals surface area contributed by atoms with Crippen LogP contribution >= 0.6 is 0 Å². The maximum atomic E-state index is 12.1. The molecule has 132 valence electrons. The van der Waals surface area contributed by atoms with Gasteiger partial charge in [-0.25, -0.2) is 9.78 Å². The van der Waals surface area contributed by atoms with E-state index in [2.05, 4.69) is 21.7 Å². The molecule has 0 aliphatic carbocycles. The third-order valence-corrected chi connectivity index (χ3v) is 4.41. The van der Waals surface area contributed by atoms with Crippen molar-refractivity contribution in [2.45, 2.75) is 0 Å². The number of rotatable bonds is 4. The molecule has 27 heavy (non-hydrogen) atoms. The monoisotopic (exact) mass is 354 g/mol. The number of fused-ring (bicyclic) bond motifs is 1. The van der Waals surface area contributed by atoms with Crippen LogP contribution in [0.1, 0.15) is 11.3 Å². The van der Waals surface area contributed by atoms with Crippen LogP contribution in [0.3, 0.4) is 0 Å². The van der Waals surface area contributed by atoms with E-state index in [0.717, 1.165) is 33.6 Å². The average Bonchev–Trinajstić information content (AvgIpc) is 3.12. The van der Waals surface area contributed by atoms with E-state index in [1.807, 2.05) is 66.7 Å². The Labute approximate surface area is 157 Å². The molecule has 4 heteroatoms. The number of nitrogens with zero attached hydrogens (tertiary/aromatic N) is 2. The van der Waals surface area contributed by atoms with Crippen molar-refractivity contribution in [2.24, 2.45) is 0 Å². The van der Waals surface area contributed by atoms with E-state index in [4.69, 9.17) is 4.74 Å². The predicted octanol–water partition coefficient (Wildman–Crippen LogP) is 4.63. The van der Waals surface area contributed by atoms with Crippen molar-refractivity contribution in [1.29, 1.82) is 0 Å². The van der Waals surface area contributed by atoms with E-state index in [1.165, 1.54) is 13.2 Å². The number of methoxy groups -OCH3 is 1. The predicted molar refractivity (Wildman–Crippen MR) is 107 cm³/mol. The van der Waals surface area contributed by atoms with E-state index in [1.54, 1.807) is 6.20 Å². The van der Waals surface area contributed by atoms with Crippen LogP contribution in [0.25, 0.3) is 22.3 Å². The first kappa shape index (κ1) is 16.8. The molecular formula is C23H18N2O2. The molecule has 0 radical (unpaired) electrons. The minimum atomic E-state index is -0.397. The van der Waals surface area contributed by atoms with Gasteiger partial charge in [0.15, 0.2) is 0 Å². The third-order valence-electron chi connectivity index (χ3n) is 4.41. The molecule has 0 amide bonds. The van der Waals surface area contributed by atoms with Crippen LogP contribution in [-0.4, -0.2) is 22.6 Å². The molecular weight excluding hydrogens is 336 g/mol. The summed E-state index contributed by atoms with van der Waals surface area (Å²) in [5.41, 5.74) is 3.62. The van der Waals surface area contributed by atoms with Crippen LogP contribution in [-0.2, 0) is 9.53 Å². The number of carbonyl (C=O) groups is 1. The first-order valence-electron chi connectivity index (χ1n) is 8.65. The second-order valence-corrected chi connectivity index (χ2v) is 6.06. The number of carbonyl (C=O) groups excluding carboxylic acids is 1. The molecule has 4 nitrogen and oxygen atoms in total. The van der Waals surface area contributed by atoms with Crippen molar-refractivity contribution >= 4 is 22.4 Å². The number of aromatic nitrogens is 2. The quantitative estimate of drug-likeness (QED) is 0.396. The van der Waals surface area contributed by atoms with Crippen molar-refractivity contribution < 1.29 is 9.53 Å². The van der Waals surface area contributed by atoms with Gasteiger partial charge in [-0.2, -0.15) is 0 Å². The summed E-state index contributed by atoms with van der Waals surface area (Å²) in [4.78, 5) is 16.6. The third kappa shape index (κ3) is 3.25. The Hall–Kier alpha value is -3.66. The largest absolute Gasteiger partial charge is 0.466 e. The summed E-state index contributed by atoms with van der Waals surface area (Å²) in [6.07, 6.45) is 3.29. The summed E-state index contributed by atoms with van der Waals surface area (Å²) >= 11 is 0. The minimum absolute atomic E-state index is 0.397. The standard InChI is InChI=1S/C23H18N2O2/c1-27-23(26)16-19(17-9-3-2-4-10-17)21-15-18-11-5-6-12-20(18)25(21)22-13-7-8-14-24-22/h2-16H,1H3/b19-16+. The van der Waals surface area contributed by atoms with Crippen LogP contribution in [0.2, 0.25) is 0 Å².